The number of aromatic nitrogens is 1. The van der Waals surface area contributed by atoms with Gasteiger partial charge in [0.15, 0.2) is 0 Å². The minimum atomic E-state index is -4.49. The first-order valence-corrected chi connectivity index (χ1v) is 5.25. The van der Waals surface area contributed by atoms with Gasteiger partial charge in [0, 0.05) is 6.54 Å². The number of nitrogens with zero attached hydrogens (tertiary/aromatic N) is 1. The fraction of sp³-hybridized carbons (Fsp3) is 0.455. The number of hydrogen-bond acceptors (Lipinski definition) is 3. The number of rotatable bonds is 4. The van der Waals surface area contributed by atoms with Crippen LogP contribution in [-0.4, -0.2) is 10.7 Å². The van der Waals surface area contributed by atoms with Crippen molar-refractivity contribution in [3.63, 3.8) is 0 Å². The third-order valence-electron chi connectivity index (χ3n) is 2.28. The minimum Gasteiger partial charge on any atom is -0.326 e. The molecule has 0 radical (unpaired) electrons. The minimum absolute atomic E-state index is 0.0594. The first-order valence-electron chi connectivity index (χ1n) is 5.25. The number of nitrogens with one attached hydrogen (secondary N) is 1. The van der Waals surface area contributed by atoms with E-state index in [1.165, 1.54) is 6.07 Å². The maximum Gasteiger partial charge on any atom is 0.433 e. The van der Waals surface area contributed by atoms with Gasteiger partial charge in [-0.15, -0.1) is 0 Å². The molecule has 0 aliphatic heterocycles. The van der Waals surface area contributed by atoms with Gasteiger partial charge in [-0.3, -0.25) is 0 Å². The molecule has 0 aliphatic carbocycles. The molecule has 17 heavy (non-hydrogen) atoms. The SMILES string of the molecule is CCCC(=N)c1nc(C(F)(F)F)ccc1CN. The van der Waals surface area contributed by atoms with Crippen molar-refractivity contribution >= 4 is 5.71 Å². The molecule has 1 heterocycles. The molecular formula is C11H14F3N3. The summed E-state index contributed by atoms with van der Waals surface area (Å²) in [7, 11) is 0. The van der Waals surface area contributed by atoms with Gasteiger partial charge in [0.2, 0.25) is 0 Å². The largest absolute Gasteiger partial charge is 0.433 e. The van der Waals surface area contributed by atoms with Crippen LogP contribution in [0.2, 0.25) is 0 Å². The lowest BCUT2D eigenvalue weighted by Crippen LogP contribution is -2.15. The van der Waals surface area contributed by atoms with Crippen LogP contribution in [0.5, 0.6) is 0 Å². The lowest BCUT2D eigenvalue weighted by molar-refractivity contribution is -0.141. The van der Waals surface area contributed by atoms with Crippen LogP contribution in [0.4, 0.5) is 13.2 Å². The standard InChI is InChI=1S/C11H14F3N3/c1-2-3-8(16)10-7(6-15)4-5-9(17-10)11(12,13)14/h4-5,16H,2-3,6,15H2,1H3. The first kappa shape index (κ1) is 13.6. The Labute approximate surface area is 97.4 Å². The summed E-state index contributed by atoms with van der Waals surface area (Å²) in [6.45, 7) is 1.93. The molecule has 0 amide bonds. The summed E-state index contributed by atoms with van der Waals surface area (Å²) in [5.41, 5.74) is 5.07. The van der Waals surface area contributed by atoms with Gasteiger partial charge in [0.1, 0.15) is 5.69 Å². The Bertz CT molecular complexity index is 413. The van der Waals surface area contributed by atoms with E-state index in [2.05, 4.69) is 4.98 Å². The lowest BCUT2D eigenvalue weighted by atomic mass is 10.1. The second-order valence-corrected chi connectivity index (χ2v) is 3.63. The molecule has 0 aromatic carbocycles. The van der Waals surface area contributed by atoms with Crippen LogP contribution in [0.3, 0.4) is 0 Å². The maximum absolute atomic E-state index is 12.5. The predicted octanol–water partition coefficient (Wildman–Crippen LogP) is 2.73. The molecule has 0 fully saturated rings. The van der Waals surface area contributed by atoms with E-state index < -0.39 is 11.9 Å². The molecule has 0 saturated carbocycles. The van der Waals surface area contributed by atoms with Gasteiger partial charge < -0.3 is 11.1 Å². The highest BCUT2D eigenvalue weighted by molar-refractivity contribution is 5.97. The Morgan fingerprint density at radius 1 is 1.41 bits per heavy atom. The van der Waals surface area contributed by atoms with Crippen LogP contribution in [0.1, 0.15) is 36.7 Å². The Morgan fingerprint density at radius 3 is 2.53 bits per heavy atom. The normalized spacial score (nSPS) is 11.6. The quantitative estimate of drug-likeness (QED) is 0.801. The van der Waals surface area contributed by atoms with Crippen molar-refractivity contribution in [1.29, 1.82) is 5.41 Å². The second-order valence-electron chi connectivity index (χ2n) is 3.63. The summed E-state index contributed by atoms with van der Waals surface area (Å²) in [4.78, 5) is 3.50. The maximum atomic E-state index is 12.5. The molecule has 0 atom stereocenters. The van der Waals surface area contributed by atoms with Crippen molar-refractivity contribution in [1.82, 2.24) is 4.98 Å². The molecule has 94 valence electrons. The molecule has 1 rings (SSSR count). The van der Waals surface area contributed by atoms with E-state index in [1.807, 2.05) is 6.92 Å². The number of pyridine rings is 1. The Morgan fingerprint density at radius 2 is 2.06 bits per heavy atom. The van der Waals surface area contributed by atoms with E-state index in [9.17, 15) is 13.2 Å². The number of halogens is 3. The zero-order valence-corrected chi connectivity index (χ0v) is 9.43. The van der Waals surface area contributed by atoms with Crippen LogP contribution in [0, 0.1) is 5.41 Å². The summed E-state index contributed by atoms with van der Waals surface area (Å²) < 4.78 is 37.5. The molecular weight excluding hydrogens is 231 g/mol. The van der Waals surface area contributed by atoms with Crippen LogP contribution in [-0.2, 0) is 12.7 Å². The van der Waals surface area contributed by atoms with Gasteiger partial charge in [-0.25, -0.2) is 4.98 Å². The highest BCUT2D eigenvalue weighted by atomic mass is 19.4. The number of nitrogens with two attached hydrogens (primary N) is 1. The molecule has 0 spiro atoms. The van der Waals surface area contributed by atoms with Crippen LogP contribution in [0.15, 0.2) is 12.1 Å². The first-order chi connectivity index (χ1) is 7.90. The average Bonchev–Trinajstić information content (AvgIpc) is 2.27. The molecule has 3 nitrogen and oxygen atoms in total. The molecule has 6 heteroatoms. The van der Waals surface area contributed by atoms with Crippen molar-refractivity contribution in [2.24, 2.45) is 5.73 Å². The monoisotopic (exact) mass is 245 g/mol. The smallest absolute Gasteiger partial charge is 0.326 e. The third kappa shape index (κ3) is 3.26. The van der Waals surface area contributed by atoms with E-state index >= 15 is 0 Å². The van der Waals surface area contributed by atoms with E-state index in [0.29, 0.717) is 18.4 Å². The predicted molar refractivity (Wildman–Crippen MR) is 58.9 cm³/mol. The zero-order valence-electron chi connectivity index (χ0n) is 9.43. The number of hydrogen-bond donors (Lipinski definition) is 2. The van der Waals surface area contributed by atoms with Gasteiger partial charge >= 0.3 is 6.18 Å². The van der Waals surface area contributed by atoms with Crippen molar-refractivity contribution in [3.05, 3.63) is 29.1 Å². The molecule has 1 aromatic rings. The Kier molecular flexibility index (Phi) is 4.22. The van der Waals surface area contributed by atoms with Crippen LogP contribution < -0.4 is 5.73 Å². The van der Waals surface area contributed by atoms with E-state index in [4.69, 9.17) is 11.1 Å². The van der Waals surface area contributed by atoms with Crippen molar-refractivity contribution in [2.45, 2.75) is 32.5 Å². The lowest BCUT2D eigenvalue weighted by Gasteiger charge is -2.12. The van der Waals surface area contributed by atoms with Crippen LogP contribution >= 0.6 is 0 Å². The van der Waals surface area contributed by atoms with Gasteiger partial charge in [-0.1, -0.05) is 19.4 Å². The van der Waals surface area contributed by atoms with E-state index in [1.54, 1.807) is 0 Å². The van der Waals surface area contributed by atoms with Gasteiger partial charge in [-0.2, -0.15) is 13.2 Å². The summed E-state index contributed by atoms with van der Waals surface area (Å²) in [5.74, 6) is 0. The number of alkyl halides is 3. The van der Waals surface area contributed by atoms with Gasteiger partial charge in [0.25, 0.3) is 0 Å². The Balaban J connectivity index is 3.20. The van der Waals surface area contributed by atoms with E-state index in [0.717, 1.165) is 6.07 Å². The van der Waals surface area contributed by atoms with Gasteiger partial charge in [-0.05, 0) is 18.1 Å². The molecule has 3 N–H and O–H groups in total. The van der Waals surface area contributed by atoms with Crippen molar-refractivity contribution in [2.75, 3.05) is 0 Å². The summed E-state index contributed by atoms with van der Waals surface area (Å²) in [5, 5.41) is 7.69. The summed E-state index contributed by atoms with van der Waals surface area (Å²) in [6, 6.07) is 2.18. The van der Waals surface area contributed by atoms with Crippen molar-refractivity contribution in [3.8, 4) is 0 Å². The molecule has 0 aliphatic rings. The molecule has 1 aromatic heterocycles. The van der Waals surface area contributed by atoms with Crippen LogP contribution in [0.25, 0.3) is 0 Å². The Hall–Kier alpha value is -1.43. The second kappa shape index (κ2) is 5.27. The molecule has 0 bridgehead atoms. The highest BCUT2D eigenvalue weighted by Gasteiger charge is 2.33. The molecule has 0 unspecified atom stereocenters. The fourth-order valence-corrected chi connectivity index (χ4v) is 1.44. The van der Waals surface area contributed by atoms with E-state index in [-0.39, 0.29) is 18.0 Å². The third-order valence-corrected chi connectivity index (χ3v) is 2.28. The fourth-order valence-electron chi connectivity index (χ4n) is 1.44. The zero-order chi connectivity index (χ0) is 13.1. The van der Waals surface area contributed by atoms with Crippen molar-refractivity contribution < 1.29 is 13.2 Å². The molecule has 0 saturated heterocycles. The summed E-state index contributed by atoms with van der Waals surface area (Å²) in [6.07, 6.45) is -3.42. The average molecular weight is 245 g/mol. The summed E-state index contributed by atoms with van der Waals surface area (Å²) >= 11 is 0. The highest BCUT2D eigenvalue weighted by Crippen LogP contribution is 2.28. The van der Waals surface area contributed by atoms with Gasteiger partial charge in [0.05, 0.1) is 11.4 Å². The topological polar surface area (TPSA) is 62.8 Å².